The summed E-state index contributed by atoms with van der Waals surface area (Å²) in [5.41, 5.74) is 0. The van der Waals surface area contributed by atoms with Crippen LogP contribution in [0.5, 0.6) is 0 Å². The second kappa shape index (κ2) is 4.52. The lowest BCUT2D eigenvalue weighted by molar-refractivity contribution is 0.357. The van der Waals surface area contributed by atoms with Crippen LogP contribution in [0.4, 0.5) is 0 Å². The van der Waals surface area contributed by atoms with Crippen molar-refractivity contribution in [3.63, 3.8) is 0 Å². The number of hydrogen-bond donors (Lipinski definition) is 0. The lowest BCUT2D eigenvalue weighted by atomic mass is 10.1. The third kappa shape index (κ3) is 2.06. The average Bonchev–Trinajstić information content (AvgIpc) is 2.28. The molecule has 0 aliphatic heterocycles. The van der Waals surface area contributed by atoms with E-state index in [2.05, 4.69) is 0 Å². The summed E-state index contributed by atoms with van der Waals surface area (Å²) in [6.45, 7) is 2.32. The molecule has 0 heterocycles. The summed E-state index contributed by atoms with van der Waals surface area (Å²) in [4.78, 5) is 0. The fourth-order valence-corrected chi connectivity index (χ4v) is 2.54. The van der Waals surface area contributed by atoms with Crippen molar-refractivity contribution in [2.24, 2.45) is 0 Å². The largest absolute Gasteiger partial charge is 0.549 e. The summed E-state index contributed by atoms with van der Waals surface area (Å²) in [7, 11) is -1.73. The molecule has 0 saturated carbocycles. The molecule has 0 saturated heterocycles. The van der Waals surface area contributed by atoms with Crippen molar-refractivity contribution in [1.82, 2.24) is 0 Å². The van der Waals surface area contributed by atoms with Crippen molar-refractivity contribution < 1.29 is 9.09 Å². The highest BCUT2D eigenvalue weighted by atomic mass is 31.1. The van der Waals surface area contributed by atoms with Crippen LogP contribution in [0.3, 0.4) is 0 Å². The molecule has 1 atom stereocenters. The van der Waals surface area contributed by atoms with Crippen LogP contribution in [0.15, 0.2) is 42.5 Å². The van der Waals surface area contributed by atoms with Gasteiger partial charge in [-0.15, -0.1) is 4.52 Å². The number of hydrogen-bond acceptors (Lipinski definition) is 2. The highest BCUT2D eigenvalue weighted by Gasteiger charge is 2.23. The van der Waals surface area contributed by atoms with E-state index in [4.69, 9.17) is 4.52 Å². The van der Waals surface area contributed by atoms with Gasteiger partial charge in [-0.2, -0.15) is 0 Å². The molecular formula is C12H12O2P+. The number of benzene rings is 2. The van der Waals surface area contributed by atoms with Gasteiger partial charge in [0.2, 0.25) is 5.30 Å². The first-order valence-electron chi connectivity index (χ1n) is 4.91. The maximum atomic E-state index is 11.8. The van der Waals surface area contributed by atoms with E-state index >= 15 is 0 Å². The minimum Gasteiger partial charge on any atom is -0.142 e. The minimum atomic E-state index is -1.73. The predicted molar refractivity (Wildman–Crippen MR) is 62.8 cm³/mol. The third-order valence-electron chi connectivity index (χ3n) is 2.21. The summed E-state index contributed by atoms with van der Waals surface area (Å²) in [6, 6.07) is 13.7. The quantitative estimate of drug-likeness (QED) is 0.741. The molecule has 2 aromatic carbocycles. The van der Waals surface area contributed by atoms with E-state index in [0.29, 0.717) is 6.61 Å². The van der Waals surface area contributed by atoms with Crippen molar-refractivity contribution in [3.8, 4) is 0 Å². The molecule has 2 rings (SSSR count). The van der Waals surface area contributed by atoms with Crippen LogP contribution in [0, 0.1) is 0 Å². The van der Waals surface area contributed by atoms with Gasteiger partial charge >= 0.3 is 8.03 Å². The number of rotatable bonds is 3. The molecule has 0 aliphatic rings. The van der Waals surface area contributed by atoms with Crippen molar-refractivity contribution in [1.29, 1.82) is 0 Å². The SMILES string of the molecule is CCO[P+](=O)c1cccc2ccccc12. The van der Waals surface area contributed by atoms with Gasteiger partial charge in [0.15, 0.2) is 0 Å². The van der Waals surface area contributed by atoms with E-state index in [-0.39, 0.29) is 0 Å². The molecule has 0 amide bonds. The van der Waals surface area contributed by atoms with E-state index < -0.39 is 8.03 Å². The van der Waals surface area contributed by atoms with Gasteiger partial charge in [-0.1, -0.05) is 30.3 Å². The molecule has 2 nitrogen and oxygen atoms in total. The van der Waals surface area contributed by atoms with E-state index in [1.807, 2.05) is 49.4 Å². The maximum absolute atomic E-state index is 11.8. The van der Waals surface area contributed by atoms with Gasteiger partial charge in [0.25, 0.3) is 0 Å². The molecule has 0 fully saturated rings. The summed E-state index contributed by atoms with van der Waals surface area (Å²) in [5.74, 6) is 0. The van der Waals surface area contributed by atoms with Crippen LogP contribution >= 0.6 is 8.03 Å². The summed E-state index contributed by atoms with van der Waals surface area (Å²) < 4.78 is 16.9. The second-order valence-corrected chi connectivity index (χ2v) is 4.43. The molecule has 0 N–H and O–H groups in total. The summed E-state index contributed by atoms with van der Waals surface area (Å²) in [5, 5.41) is 2.89. The minimum absolute atomic E-state index is 0.471. The molecule has 0 aliphatic carbocycles. The van der Waals surface area contributed by atoms with Gasteiger partial charge in [-0.25, -0.2) is 0 Å². The molecule has 0 spiro atoms. The Kier molecular flexibility index (Phi) is 3.10. The Morgan fingerprint density at radius 1 is 1.13 bits per heavy atom. The van der Waals surface area contributed by atoms with Crippen LogP contribution < -0.4 is 5.30 Å². The van der Waals surface area contributed by atoms with Gasteiger partial charge in [-0.3, -0.25) is 0 Å². The van der Waals surface area contributed by atoms with Crippen molar-refractivity contribution >= 4 is 24.1 Å². The van der Waals surface area contributed by atoms with Crippen molar-refractivity contribution in [2.45, 2.75) is 6.92 Å². The fraction of sp³-hybridized carbons (Fsp3) is 0.167. The Balaban J connectivity index is 2.56. The van der Waals surface area contributed by atoms with Gasteiger partial charge in [0.05, 0.1) is 0 Å². The molecule has 1 unspecified atom stereocenters. The topological polar surface area (TPSA) is 26.3 Å². The molecule has 2 aromatic rings. The maximum Gasteiger partial charge on any atom is 0.549 e. The molecular weight excluding hydrogens is 207 g/mol. The van der Waals surface area contributed by atoms with E-state index in [0.717, 1.165) is 16.1 Å². The Labute approximate surface area is 89.7 Å². The van der Waals surface area contributed by atoms with Crippen molar-refractivity contribution in [3.05, 3.63) is 42.5 Å². The fourth-order valence-electron chi connectivity index (χ4n) is 1.55. The lowest BCUT2D eigenvalue weighted by Gasteiger charge is -1.96. The van der Waals surface area contributed by atoms with Gasteiger partial charge in [0, 0.05) is 5.39 Å². The van der Waals surface area contributed by atoms with Gasteiger partial charge in [0.1, 0.15) is 6.61 Å². The highest BCUT2D eigenvalue weighted by Crippen LogP contribution is 2.26. The number of fused-ring (bicyclic) bond motifs is 1. The zero-order valence-electron chi connectivity index (χ0n) is 8.51. The predicted octanol–water partition coefficient (Wildman–Crippen LogP) is 3.24. The first-order chi connectivity index (χ1) is 7.33. The molecule has 3 heteroatoms. The molecule has 0 bridgehead atoms. The van der Waals surface area contributed by atoms with E-state index in [1.165, 1.54) is 0 Å². The Morgan fingerprint density at radius 3 is 2.67 bits per heavy atom. The van der Waals surface area contributed by atoms with Crippen LogP contribution in [-0.2, 0) is 9.09 Å². The summed E-state index contributed by atoms with van der Waals surface area (Å²) in [6.07, 6.45) is 0. The third-order valence-corrected chi connectivity index (χ3v) is 3.49. The normalized spacial score (nSPS) is 11.7. The second-order valence-electron chi connectivity index (χ2n) is 3.17. The smallest absolute Gasteiger partial charge is 0.142 e. The Hall–Kier alpha value is -1.24. The standard InChI is InChI=1S/C12H12O2P/c1-2-14-15(13)12-9-5-7-10-6-3-4-8-11(10)12/h3-9H,2H2,1H3/q+1. The molecule has 0 radical (unpaired) electrons. The first kappa shape index (κ1) is 10.3. The van der Waals surface area contributed by atoms with Crippen LogP contribution in [-0.4, -0.2) is 6.61 Å². The summed E-state index contributed by atoms with van der Waals surface area (Å²) >= 11 is 0. The molecule has 76 valence electrons. The highest BCUT2D eigenvalue weighted by molar-refractivity contribution is 7.49. The first-order valence-corrected chi connectivity index (χ1v) is 6.08. The zero-order valence-corrected chi connectivity index (χ0v) is 9.41. The zero-order chi connectivity index (χ0) is 10.7. The van der Waals surface area contributed by atoms with E-state index in [1.54, 1.807) is 0 Å². The van der Waals surface area contributed by atoms with E-state index in [9.17, 15) is 4.57 Å². The monoisotopic (exact) mass is 219 g/mol. The molecule has 15 heavy (non-hydrogen) atoms. The lowest BCUT2D eigenvalue weighted by Crippen LogP contribution is -1.99. The van der Waals surface area contributed by atoms with Crippen molar-refractivity contribution in [2.75, 3.05) is 6.61 Å². The van der Waals surface area contributed by atoms with Crippen LogP contribution in [0.2, 0.25) is 0 Å². The molecule has 0 aromatic heterocycles. The van der Waals surface area contributed by atoms with Gasteiger partial charge in [-0.05, 0) is 29.0 Å². The van der Waals surface area contributed by atoms with Crippen LogP contribution in [0.25, 0.3) is 10.8 Å². The van der Waals surface area contributed by atoms with Crippen LogP contribution in [0.1, 0.15) is 6.92 Å². The van der Waals surface area contributed by atoms with Gasteiger partial charge < -0.3 is 0 Å². The Bertz CT molecular complexity index is 488. The Morgan fingerprint density at radius 2 is 1.87 bits per heavy atom. The average molecular weight is 219 g/mol.